The Morgan fingerprint density at radius 3 is 1.94 bits per heavy atom. The van der Waals surface area contributed by atoms with E-state index in [1.807, 2.05) is 6.79 Å². The molecule has 0 radical (unpaired) electrons. The number of aliphatic hydroxyl groups excluding tert-OH is 5. The molecule has 108 valence electrons. The molecule has 0 aliphatic carbocycles. The van der Waals surface area contributed by atoms with Gasteiger partial charge in [0, 0.05) is 13.0 Å². The van der Waals surface area contributed by atoms with E-state index in [0.29, 0.717) is 0 Å². The monoisotopic (exact) mass is 267 g/mol. The Kier molecular flexibility index (Phi) is 11.8. The summed E-state index contributed by atoms with van der Waals surface area (Å²) >= 11 is 0. The molecule has 0 saturated carbocycles. The lowest BCUT2D eigenvalue weighted by molar-refractivity contribution is -0.125. The summed E-state index contributed by atoms with van der Waals surface area (Å²) < 4.78 is 0. The Labute approximate surface area is 105 Å². The van der Waals surface area contributed by atoms with Gasteiger partial charge in [0.2, 0.25) is 5.91 Å². The third-order valence-corrected chi connectivity index (χ3v) is 2.15. The number of carbonyl (C=O) groups excluding carboxylic acids is 2. The van der Waals surface area contributed by atoms with Crippen LogP contribution in [0.25, 0.3) is 0 Å². The van der Waals surface area contributed by atoms with Crippen molar-refractivity contribution in [2.24, 2.45) is 0 Å². The van der Waals surface area contributed by atoms with Crippen molar-refractivity contribution in [3.8, 4) is 0 Å². The maximum Gasteiger partial charge on any atom is 0.219 e. The molecule has 0 rings (SSSR count). The maximum absolute atomic E-state index is 10.8. The quantitative estimate of drug-likeness (QED) is 0.284. The SMILES string of the molecule is C=O.CCC(=O)NC[C@H](O)[C@@H](O)[C@H](O)C(O)CO. The zero-order valence-electron chi connectivity index (χ0n) is 10.2. The summed E-state index contributed by atoms with van der Waals surface area (Å²) in [6.45, 7) is 2.66. The Bertz CT molecular complexity index is 226. The van der Waals surface area contributed by atoms with Crippen LogP contribution in [0, 0.1) is 0 Å². The smallest absolute Gasteiger partial charge is 0.219 e. The molecule has 8 nitrogen and oxygen atoms in total. The van der Waals surface area contributed by atoms with E-state index in [-0.39, 0.29) is 18.9 Å². The van der Waals surface area contributed by atoms with Gasteiger partial charge in [-0.2, -0.15) is 0 Å². The fraction of sp³-hybridized carbons (Fsp3) is 0.800. The van der Waals surface area contributed by atoms with Gasteiger partial charge in [-0.25, -0.2) is 0 Å². The summed E-state index contributed by atoms with van der Waals surface area (Å²) in [6.07, 6.45) is -6.01. The van der Waals surface area contributed by atoms with E-state index in [0.717, 1.165) is 0 Å². The normalized spacial score (nSPS) is 16.8. The van der Waals surface area contributed by atoms with Gasteiger partial charge in [-0.3, -0.25) is 4.79 Å². The second kappa shape index (κ2) is 11.1. The molecule has 0 saturated heterocycles. The first-order chi connectivity index (χ1) is 8.43. The molecule has 0 aromatic rings. The summed E-state index contributed by atoms with van der Waals surface area (Å²) in [5.74, 6) is -0.302. The highest BCUT2D eigenvalue weighted by Crippen LogP contribution is 2.04. The summed E-state index contributed by atoms with van der Waals surface area (Å²) in [4.78, 5) is 18.8. The minimum Gasteiger partial charge on any atom is -0.394 e. The topological polar surface area (TPSA) is 147 Å². The molecule has 18 heavy (non-hydrogen) atoms. The molecule has 0 aromatic carbocycles. The number of hydrogen-bond acceptors (Lipinski definition) is 7. The van der Waals surface area contributed by atoms with Crippen molar-refractivity contribution in [1.29, 1.82) is 0 Å². The van der Waals surface area contributed by atoms with E-state index < -0.39 is 31.0 Å². The van der Waals surface area contributed by atoms with Crippen LogP contribution in [0.2, 0.25) is 0 Å². The van der Waals surface area contributed by atoms with Crippen LogP contribution in [0.3, 0.4) is 0 Å². The molecule has 1 amide bonds. The molecule has 0 fully saturated rings. The van der Waals surface area contributed by atoms with Gasteiger partial charge in [-0.1, -0.05) is 6.92 Å². The van der Waals surface area contributed by atoms with Crippen molar-refractivity contribution >= 4 is 12.7 Å². The fourth-order valence-electron chi connectivity index (χ4n) is 1.03. The van der Waals surface area contributed by atoms with Crippen molar-refractivity contribution in [3.63, 3.8) is 0 Å². The largest absolute Gasteiger partial charge is 0.394 e. The van der Waals surface area contributed by atoms with Gasteiger partial charge in [-0.05, 0) is 0 Å². The summed E-state index contributed by atoms with van der Waals surface area (Å²) in [5.41, 5.74) is 0. The first-order valence-electron chi connectivity index (χ1n) is 5.32. The highest BCUT2D eigenvalue weighted by Gasteiger charge is 2.29. The third kappa shape index (κ3) is 7.30. The number of rotatable bonds is 7. The molecule has 0 heterocycles. The van der Waals surface area contributed by atoms with Gasteiger partial charge >= 0.3 is 0 Å². The molecule has 0 bridgehead atoms. The summed E-state index contributed by atoms with van der Waals surface area (Å²) in [7, 11) is 0. The lowest BCUT2D eigenvalue weighted by Gasteiger charge is -2.25. The molecule has 4 atom stereocenters. The zero-order chi connectivity index (χ0) is 14.7. The Balaban J connectivity index is 0. The van der Waals surface area contributed by atoms with Gasteiger partial charge in [0.15, 0.2) is 0 Å². The van der Waals surface area contributed by atoms with Gasteiger partial charge in [0.25, 0.3) is 0 Å². The minimum absolute atomic E-state index is 0.233. The maximum atomic E-state index is 10.8. The minimum atomic E-state index is -1.67. The van der Waals surface area contributed by atoms with Crippen LogP contribution >= 0.6 is 0 Å². The van der Waals surface area contributed by atoms with Gasteiger partial charge < -0.3 is 35.6 Å². The van der Waals surface area contributed by atoms with Gasteiger partial charge in [0.05, 0.1) is 12.7 Å². The molecule has 1 unspecified atom stereocenters. The molecule has 0 spiro atoms. The van der Waals surface area contributed by atoms with Crippen molar-refractivity contribution < 1.29 is 35.1 Å². The lowest BCUT2D eigenvalue weighted by Crippen LogP contribution is -2.49. The summed E-state index contributed by atoms with van der Waals surface area (Å²) in [6, 6.07) is 0. The average molecular weight is 267 g/mol. The standard InChI is InChI=1S/C9H19NO6.CH2O/c1-2-7(14)10-3-5(12)8(15)9(16)6(13)4-11;1-2/h5-6,8-9,11-13,15-16H,2-4H2,1H3,(H,10,14);1H2/t5-,6?,8+,9+;/m0./s1. The first-order valence-corrected chi connectivity index (χ1v) is 5.32. The first kappa shape index (κ1) is 19.3. The molecular weight excluding hydrogens is 246 g/mol. The highest BCUT2D eigenvalue weighted by atomic mass is 16.4. The average Bonchev–Trinajstić information content (AvgIpc) is 2.43. The molecule has 8 heteroatoms. The van der Waals surface area contributed by atoms with E-state index in [1.54, 1.807) is 6.92 Å². The predicted molar refractivity (Wildman–Crippen MR) is 61.5 cm³/mol. The number of nitrogens with one attached hydrogen (secondary N) is 1. The second-order valence-electron chi connectivity index (χ2n) is 3.46. The summed E-state index contributed by atoms with van der Waals surface area (Å²) in [5, 5.41) is 47.8. The van der Waals surface area contributed by atoms with Crippen molar-refractivity contribution in [1.82, 2.24) is 5.32 Å². The van der Waals surface area contributed by atoms with Crippen LogP contribution in [0.1, 0.15) is 13.3 Å². The third-order valence-electron chi connectivity index (χ3n) is 2.15. The van der Waals surface area contributed by atoms with Crippen molar-refractivity contribution in [3.05, 3.63) is 0 Å². The Morgan fingerprint density at radius 2 is 1.56 bits per heavy atom. The van der Waals surface area contributed by atoms with Crippen LogP contribution in [0.4, 0.5) is 0 Å². The van der Waals surface area contributed by atoms with Crippen LogP contribution in [0.15, 0.2) is 0 Å². The van der Waals surface area contributed by atoms with E-state index in [9.17, 15) is 20.1 Å². The predicted octanol–water partition coefficient (Wildman–Crippen LogP) is -3.24. The van der Waals surface area contributed by atoms with Gasteiger partial charge in [0.1, 0.15) is 25.1 Å². The molecule has 6 N–H and O–H groups in total. The number of carbonyl (C=O) groups is 2. The number of hydrogen-bond donors (Lipinski definition) is 6. The Morgan fingerprint density at radius 1 is 1.11 bits per heavy atom. The van der Waals surface area contributed by atoms with E-state index >= 15 is 0 Å². The van der Waals surface area contributed by atoms with Gasteiger partial charge in [-0.15, -0.1) is 0 Å². The van der Waals surface area contributed by atoms with Crippen molar-refractivity contribution in [2.45, 2.75) is 37.8 Å². The van der Waals surface area contributed by atoms with Crippen molar-refractivity contribution in [2.75, 3.05) is 13.2 Å². The molecule has 0 aliphatic heterocycles. The number of amides is 1. The second-order valence-corrected chi connectivity index (χ2v) is 3.46. The lowest BCUT2D eigenvalue weighted by atomic mass is 10.0. The van der Waals surface area contributed by atoms with E-state index in [4.69, 9.17) is 15.0 Å². The Hall–Kier alpha value is -1.06. The zero-order valence-corrected chi connectivity index (χ0v) is 10.2. The van der Waals surface area contributed by atoms with Crippen LogP contribution in [-0.4, -0.2) is 75.8 Å². The fourth-order valence-corrected chi connectivity index (χ4v) is 1.03. The van der Waals surface area contributed by atoms with Crippen LogP contribution in [-0.2, 0) is 9.59 Å². The molecule has 0 aliphatic rings. The van der Waals surface area contributed by atoms with Crippen LogP contribution < -0.4 is 5.32 Å². The van der Waals surface area contributed by atoms with E-state index in [1.165, 1.54) is 0 Å². The number of aliphatic hydroxyl groups is 5. The molecular formula is C10H21NO7. The molecule has 0 aromatic heterocycles. The van der Waals surface area contributed by atoms with Crippen LogP contribution in [0.5, 0.6) is 0 Å². The highest BCUT2D eigenvalue weighted by molar-refractivity contribution is 5.75. The van der Waals surface area contributed by atoms with E-state index in [2.05, 4.69) is 5.32 Å².